The molecule has 0 spiro atoms. The van der Waals surface area contributed by atoms with Gasteiger partial charge < -0.3 is 10.5 Å². The van der Waals surface area contributed by atoms with Gasteiger partial charge in [0.2, 0.25) is 0 Å². The van der Waals surface area contributed by atoms with E-state index >= 15 is 0 Å². The van der Waals surface area contributed by atoms with E-state index in [1.807, 2.05) is 0 Å². The molecule has 1 unspecified atom stereocenters. The highest BCUT2D eigenvalue weighted by atomic mass is 79.9. The van der Waals surface area contributed by atoms with Gasteiger partial charge >= 0.3 is 0 Å². The number of benzene rings is 1. The predicted octanol–water partition coefficient (Wildman–Crippen LogP) is 3.53. The molecule has 0 aliphatic rings. The Bertz CT molecular complexity index is 377. The van der Waals surface area contributed by atoms with Crippen molar-refractivity contribution in [1.29, 1.82) is 0 Å². The summed E-state index contributed by atoms with van der Waals surface area (Å²) >= 11 is 3.61. The van der Waals surface area contributed by atoms with Crippen molar-refractivity contribution in [3.8, 4) is 5.75 Å². The van der Waals surface area contributed by atoms with Crippen LogP contribution < -0.4 is 10.5 Å². The highest BCUT2D eigenvalue weighted by molar-refractivity contribution is 9.10. The summed E-state index contributed by atoms with van der Waals surface area (Å²) in [6.07, 6.45) is 1.01. The Morgan fingerprint density at radius 3 is 2.56 bits per heavy atom. The third-order valence-electron chi connectivity index (χ3n) is 3.03. The summed E-state index contributed by atoms with van der Waals surface area (Å²) in [6, 6.07) is 2.21. The Hall–Kier alpha value is -0.540. The zero-order valence-electron chi connectivity index (χ0n) is 10.4. The van der Waals surface area contributed by atoms with E-state index in [0.717, 1.165) is 23.2 Å². The molecule has 0 saturated heterocycles. The molecule has 0 fully saturated rings. The third-order valence-corrected chi connectivity index (χ3v) is 3.98. The summed E-state index contributed by atoms with van der Waals surface area (Å²) in [5.41, 5.74) is 9.39. The van der Waals surface area contributed by atoms with Gasteiger partial charge in [-0.15, -0.1) is 0 Å². The molecule has 0 heterocycles. The van der Waals surface area contributed by atoms with Gasteiger partial charge in [-0.1, -0.05) is 13.0 Å². The molecule has 90 valence electrons. The fourth-order valence-corrected chi connectivity index (χ4v) is 2.75. The molecule has 0 radical (unpaired) electrons. The van der Waals surface area contributed by atoms with Gasteiger partial charge in [-0.25, -0.2) is 0 Å². The Morgan fingerprint density at radius 1 is 1.44 bits per heavy atom. The van der Waals surface area contributed by atoms with Crippen LogP contribution in [-0.2, 0) is 0 Å². The Morgan fingerprint density at radius 2 is 2.06 bits per heavy atom. The lowest BCUT2D eigenvalue weighted by Crippen LogP contribution is -2.07. The molecule has 1 atom stereocenters. The molecular formula is C13H20BrNO. The second-order valence-corrected chi connectivity index (χ2v) is 5.03. The van der Waals surface area contributed by atoms with Gasteiger partial charge in [0.1, 0.15) is 5.75 Å². The summed E-state index contributed by atoms with van der Waals surface area (Å²) in [4.78, 5) is 0. The molecule has 1 rings (SSSR count). The molecule has 2 nitrogen and oxygen atoms in total. The van der Waals surface area contributed by atoms with Crippen LogP contribution in [0.25, 0.3) is 0 Å². The summed E-state index contributed by atoms with van der Waals surface area (Å²) in [5, 5.41) is 0. The van der Waals surface area contributed by atoms with Crippen molar-refractivity contribution in [2.75, 3.05) is 13.7 Å². The summed E-state index contributed by atoms with van der Waals surface area (Å²) in [6.45, 7) is 7.13. The minimum absolute atomic E-state index is 0.492. The van der Waals surface area contributed by atoms with Crippen molar-refractivity contribution in [3.05, 3.63) is 27.2 Å². The average molecular weight is 286 g/mol. The summed E-state index contributed by atoms with van der Waals surface area (Å²) < 4.78 is 6.44. The largest absolute Gasteiger partial charge is 0.495 e. The molecule has 0 aliphatic carbocycles. The molecule has 0 saturated carbocycles. The van der Waals surface area contributed by atoms with Crippen LogP contribution in [0.2, 0.25) is 0 Å². The Kier molecular flexibility index (Phi) is 4.81. The van der Waals surface area contributed by atoms with Crippen LogP contribution in [0.15, 0.2) is 10.5 Å². The molecule has 1 aromatic carbocycles. The van der Waals surface area contributed by atoms with Crippen LogP contribution in [0.5, 0.6) is 5.75 Å². The molecule has 0 bridgehead atoms. The number of nitrogens with two attached hydrogens (primary N) is 1. The topological polar surface area (TPSA) is 35.2 Å². The van der Waals surface area contributed by atoms with E-state index in [0.29, 0.717) is 5.92 Å². The van der Waals surface area contributed by atoms with Crippen LogP contribution in [0, 0.1) is 13.8 Å². The molecule has 3 heteroatoms. The first-order valence-electron chi connectivity index (χ1n) is 5.56. The lowest BCUT2D eigenvalue weighted by Gasteiger charge is -2.18. The second kappa shape index (κ2) is 5.69. The Balaban J connectivity index is 3.22. The van der Waals surface area contributed by atoms with E-state index < -0.39 is 0 Å². The van der Waals surface area contributed by atoms with E-state index in [9.17, 15) is 0 Å². The molecule has 0 aliphatic heterocycles. The van der Waals surface area contributed by atoms with Crippen molar-refractivity contribution >= 4 is 15.9 Å². The quantitative estimate of drug-likeness (QED) is 0.919. The monoisotopic (exact) mass is 285 g/mol. The maximum atomic E-state index is 5.61. The minimum atomic E-state index is 0.492. The van der Waals surface area contributed by atoms with E-state index in [-0.39, 0.29) is 0 Å². The lowest BCUT2D eigenvalue weighted by atomic mass is 9.92. The van der Waals surface area contributed by atoms with E-state index in [1.165, 1.54) is 16.7 Å². The van der Waals surface area contributed by atoms with Crippen LogP contribution in [0.1, 0.15) is 36.0 Å². The van der Waals surface area contributed by atoms with Crippen molar-refractivity contribution < 1.29 is 4.74 Å². The highest BCUT2D eigenvalue weighted by Gasteiger charge is 2.15. The summed E-state index contributed by atoms with van der Waals surface area (Å²) in [5.74, 6) is 1.42. The number of halogens is 1. The fourth-order valence-electron chi connectivity index (χ4n) is 2.05. The van der Waals surface area contributed by atoms with Crippen LogP contribution >= 0.6 is 15.9 Å². The van der Waals surface area contributed by atoms with Crippen molar-refractivity contribution in [1.82, 2.24) is 0 Å². The predicted molar refractivity (Wildman–Crippen MR) is 72.3 cm³/mol. The highest BCUT2D eigenvalue weighted by Crippen LogP contribution is 2.37. The summed E-state index contributed by atoms with van der Waals surface area (Å²) in [7, 11) is 1.70. The molecule has 0 amide bonds. The zero-order chi connectivity index (χ0) is 12.3. The van der Waals surface area contributed by atoms with Gasteiger partial charge in [-0.05, 0) is 65.4 Å². The molecule has 1 aromatic rings. The number of rotatable bonds is 4. The van der Waals surface area contributed by atoms with Crippen molar-refractivity contribution in [3.63, 3.8) is 0 Å². The van der Waals surface area contributed by atoms with Gasteiger partial charge in [-0.3, -0.25) is 0 Å². The number of aryl methyl sites for hydroxylation is 1. The number of hydrogen-bond donors (Lipinski definition) is 1. The van der Waals surface area contributed by atoms with Crippen molar-refractivity contribution in [2.24, 2.45) is 5.73 Å². The Labute approximate surface area is 106 Å². The molecule has 16 heavy (non-hydrogen) atoms. The number of ether oxygens (including phenoxy) is 1. The second-order valence-electron chi connectivity index (χ2n) is 4.23. The standard InChI is InChI=1S/C13H20BrNO/c1-8(5-6-15)11-7-9(2)13(16-4)12(14)10(11)3/h7-8H,5-6,15H2,1-4H3. The average Bonchev–Trinajstić information content (AvgIpc) is 2.24. The minimum Gasteiger partial charge on any atom is -0.495 e. The van der Waals surface area contributed by atoms with Crippen molar-refractivity contribution in [2.45, 2.75) is 33.1 Å². The number of methoxy groups -OCH3 is 1. The van der Waals surface area contributed by atoms with Gasteiger partial charge in [0.15, 0.2) is 0 Å². The molecule has 2 N–H and O–H groups in total. The van der Waals surface area contributed by atoms with E-state index in [2.05, 4.69) is 42.8 Å². The van der Waals surface area contributed by atoms with E-state index in [4.69, 9.17) is 10.5 Å². The first kappa shape index (κ1) is 13.5. The smallest absolute Gasteiger partial charge is 0.136 e. The maximum Gasteiger partial charge on any atom is 0.136 e. The van der Waals surface area contributed by atoms with Crippen LogP contribution in [0.3, 0.4) is 0 Å². The molecular weight excluding hydrogens is 266 g/mol. The van der Waals surface area contributed by atoms with E-state index in [1.54, 1.807) is 7.11 Å². The van der Waals surface area contributed by atoms with Crippen LogP contribution in [0.4, 0.5) is 0 Å². The van der Waals surface area contributed by atoms with Gasteiger partial charge in [0, 0.05) is 0 Å². The first-order chi connectivity index (χ1) is 7.52. The van der Waals surface area contributed by atoms with Gasteiger partial charge in [0.05, 0.1) is 11.6 Å². The van der Waals surface area contributed by atoms with Gasteiger partial charge in [-0.2, -0.15) is 0 Å². The van der Waals surface area contributed by atoms with Crippen LogP contribution in [-0.4, -0.2) is 13.7 Å². The maximum absolute atomic E-state index is 5.61. The normalized spacial score (nSPS) is 12.6. The fraction of sp³-hybridized carbons (Fsp3) is 0.538. The first-order valence-corrected chi connectivity index (χ1v) is 6.35. The SMILES string of the molecule is COc1c(C)cc(C(C)CCN)c(C)c1Br. The third kappa shape index (κ3) is 2.58. The number of hydrogen-bond acceptors (Lipinski definition) is 2. The molecule has 0 aromatic heterocycles. The van der Waals surface area contributed by atoms with Gasteiger partial charge in [0.25, 0.3) is 0 Å². The zero-order valence-corrected chi connectivity index (χ0v) is 12.0. The lowest BCUT2D eigenvalue weighted by molar-refractivity contribution is 0.408.